The van der Waals surface area contributed by atoms with Crippen molar-refractivity contribution in [2.45, 2.75) is 51.4 Å². The summed E-state index contributed by atoms with van der Waals surface area (Å²) in [6.07, 6.45) is -0.556. The molecule has 138 valence electrons. The van der Waals surface area contributed by atoms with Crippen LogP contribution >= 0.6 is 0 Å². The summed E-state index contributed by atoms with van der Waals surface area (Å²) in [5.74, 6) is 0.129. The molecule has 1 heterocycles. The number of amides is 1. The molecule has 1 aromatic rings. The van der Waals surface area contributed by atoms with E-state index in [1.807, 2.05) is 6.92 Å². The Morgan fingerprint density at radius 1 is 1.24 bits per heavy atom. The van der Waals surface area contributed by atoms with Crippen LogP contribution in [0.2, 0.25) is 0 Å². The number of rotatable bonds is 5. The number of benzene rings is 1. The van der Waals surface area contributed by atoms with Crippen LogP contribution in [0, 0.1) is 11.8 Å². The molecular formula is C19H25F3N2O. The van der Waals surface area contributed by atoms with Gasteiger partial charge >= 0.3 is 6.18 Å². The van der Waals surface area contributed by atoms with E-state index in [2.05, 4.69) is 5.32 Å². The minimum Gasteiger partial charge on any atom is -0.335 e. The number of nitrogens with zero attached hydrogens (tertiary/aromatic N) is 1. The van der Waals surface area contributed by atoms with Crippen LogP contribution in [0.5, 0.6) is 0 Å². The first-order valence-electron chi connectivity index (χ1n) is 9.04. The minimum atomic E-state index is -4.40. The van der Waals surface area contributed by atoms with Gasteiger partial charge in [-0.2, -0.15) is 13.2 Å². The van der Waals surface area contributed by atoms with Gasteiger partial charge in [0.25, 0.3) is 0 Å². The summed E-state index contributed by atoms with van der Waals surface area (Å²) in [6, 6.07) is 5.67. The highest BCUT2D eigenvalue weighted by Gasteiger charge is 2.38. The summed E-state index contributed by atoms with van der Waals surface area (Å²) in [5, 5.41) is 3.16. The highest BCUT2D eigenvalue weighted by Crippen LogP contribution is 2.34. The standard InChI is InChI=1S/C19H25F3N2O/c1-13(15-10-23-11-15)18(25)24(16-7-3-4-8-16)12-14-6-2-5-9-17(14)19(20,21)22/h2,5-6,9,13,15-16,23H,3-4,7-8,10-12H2,1H3. The molecule has 1 N–H and O–H groups in total. The third-order valence-electron chi connectivity index (χ3n) is 5.62. The SMILES string of the molecule is CC(C(=O)N(Cc1ccccc1C(F)(F)F)C1CCCC1)C1CNC1. The van der Waals surface area contributed by atoms with Crippen molar-refractivity contribution in [1.29, 1.82) is 0 Å². The molecule has 1 amide bonds. The second-order valence-electron chi connectivity index (χ2n) is 7.27. The molecule has 1 unspecified atom stereocenters. The maximum atomic E-state index is 13.3. The monoisotopic (exact) mass is 354 g/mol. The van der Waals surface area contributed by atoms with Gasteiger partial charge in [-0.3, -0.25) is 4.79 Å². The smallest absolute Gasteiger partial charge is 0.335 e. The number of hydrogen-bond acceptors (Lipinski definition) is 2. The Morgan fingerprint density at radius 2 is 1.88 bits per heavy atom. The van der Waals surface area contributed by atoms with Crippen molar-refractivity contribution in [3.05, 3.63) is 35.4 Å². The van der Waals surface area contributed by atoms with Gasteiger partial charge in [0.15, 0.2) is 0 Å². The molecule has 25 heavy (non-hydrogen) atoms. The maximum Gasteiger partial charge on any atom is 0.416 e. The fraction of sp³-hybridized carbons (Fsp3) is 0.632. The Kier molecular flexibility index (Phi) is 5.37. The van der Waals surface area contributed by atoms with E-state index in [9.17, 15) is 18.0 Å². The van der Waals surface area contributed by atoms with E-state index in [-0.39, 0.29) is 35.9 Å². The van der Waals surface area contributed by atoms with Crippen molar-refractivity contribution >= 4 is 5.91 Å². The third-order valence-corrected chi connectivity index (χ3v) is 5.62. The first kappa shape index (κ1) is 18.2. The lowest BCUT2D eigenvalue weighted by Gasteiger charge is -2.37. The molecular weight excluding hydrogens is 329 g/mol. The number of carbonyl (C=O) groups excluding carboxylic acids is 1. The molecule has 1 saturated heterocycles. The van der Waals surface area contributed by atoms with Crippen LogP contribution in [0.3, 0.4) is 0 Å². The molecule has 0 bridgehead atoms. The van der Waals surface area contributed by atoms with Crippen molar-refractivity contribution in [2.24, 2.45) is 11.8 Å². The van der Waals surface area contributed by atoms with Gasteiger partial charge in [0, 0.05) is 18.5 Å². The summed E-state index contributed by atoms with van der Waals surface area (Å²) in [7, 11) is 0. The van der Waals surface area contributed by atoms with Crippen molar-refractivity contribution in [3.63, 3.8) is 0 Å². The summed E-state index contributed by atoms with van der Waals surface area (Å²) in [6.45, 7) is 3.57. The zero-order valence-corrected chi connectivity index (χ0v) is 14.5. The molecule has 1 aromatic carbocycles. The molecule has 2 fully saturated rings. The Hall–Kier alpha value is -1.56. The quantitative estimate of drug-likeness (QED) is 0.872. The van der Waals surface area contributed by atoms with Crippen LogP contribution in [0.25, 0.3) is 0 Å². The van der Waals surface area contributed by atoms with Crippen LogP contribution in [0.15, 0.2) is 24.3 Å². The van der Waals surface area contributed by atoms with Gasteiger partial charge in [-0.1, -0.05) is 38.0 Å². The van der Waals surface area contributed by atoms with E-state index in [1.165, 1.54) is 12.1 Å². The van der Waals surface area contributed by atoms with Crippen molar-refractivity contribution in [1.82, 2.24) is 10.2 Å². The van der Waals surface area contributed by atoms with E-state index in [0.717, 1.165) is 44.8 Å². The molecule has 3 rings (SSSR count). The fourth-order valence-electron chi connectivity index (χ4n) is 3.85. The number of halogens is 3. The Labute approximate surface area is 146 Å². The third kappa shape index (κ3) is 4.00. The molecule has 1 saturated carbocycles. The zero-order valence-electron chi connectivity index (χ0n) is 14.5. The molecule has 1 atom stereocenters. The molecule has 3 nitrogen and oxygen atoms in total. The van der Waals surface area contributed by atoms with Gasteiger partial charge in [-0.25, -0.2) is 0 Å². The highest BCUT2D eigenvalue weighted by molar-refractivity contribution is 5.79. The predicted molar refractivity (Wildman–Crippen MR) is 89.8 cm³/mol. The van der Waals surface area contributed by atoms with Gasteiger partial charge < -0.3 is 10.2 Å². The number of nitrogens with one attached hydrogen (secondary N) is 1. The Morgan fingerprint density at radius 3 is 2.44 bits per heavy atom. The molecule has 6 heteroatoms. The number of hydrogen-bond donors (Lipinski definition) is 1. The molecule has 0 radical (unpaired) electrons. The van der Waals surface area contributed by atoms with E-state index >= 15 is 0 Å². The van der Waals surface area contributed by atoms with E-state index < -0.39 is 11.7 Å². The van der Waals surface area contributed by atoms with Crippen LogP contribution in [-0.4, -0.2) is 29.9 Å². The summed E-state index contributed by atoms with van der Waals surface area (Å²) in [4.78, 5) is 14.8. The van der Waals surface area contributed by atoms with Crippen molar-refractivity contribution < 1.29 is 18.0 Å². The highest BCUT2D eigenvalue weighted by atomic mass is 19.4. The Bertz CT molecular complexity index is 607. The largest absolute Gasteiger partial charge is 0.416 e. The van der Waals surface area contributed by atoms with Crippen LogP contribution in [-0.2, 0) is 17.5 Å². The van der Waals surface area contributed by atoms with E-state index in [4.69, 9.17) is 0 Å². The second kappa shape index (κ2) is 7.36. The van der Waals surface area contributed by atoms with Gasteiger partial charge in [-0.05, 0) is 43.5 Å². The average Bonchev–Trinajstić information content (AvgIpc) is 3.03. The first-order chi connectivity index (χ1) is 11.9. The molecule has 0 aromatic heterocycles. The summed E-state index contributed by atoms with van der Waals surface area (Å²) < 4.78 is 39.9. The average molecular weight is 354 g/mol. The molecule has 2 aliphatic rings. The van der Waals surface area contributed by atoms with Gasteiger partial charge in [0.05, 0.1) is 5.56 Å². The fourth-order valence-corrected chi connectivity index (χ4v) is 3.85. The van der Waals surface area contributed by atoms with Gasteiger partial charge in [-0.15, -0.1) is 0 Å². The lowest BCUT2D eigenvalue weighted by Crippen LogP contribution is -2.51. The van der Waals surface area contributed by atoms with E-state index in [1.54, 1.807) is 11.0 Å². The summed E-state index contributed by atoms with van der Waals surface area (Å²) >= 11 is 0. The lowest BCUT2D eigenvalue weighted by molar-refractivity contribution is -0.143. The normalized spacial score (nSPS) is 20.3. The van der Waals surface area contributed by atoms with Crippen LogP contribution in [0.1, 0.15) is 43.7 Å². The van der Waals surface area contributed by atoms with E-state index in [0.29, 0.717) is 0 Å². The van der Waals surface area contributed by atoms with Crippen molar-refractivity contribution in [3.8, 4) is 0 Å². The van der Waals surface area contributed by atoms with Gasteiger partial charge in [0.2, 0.25) is 5.91 Å². The minimum absolute atomic E-state index is 0.00428. The lowest BCUT2D eigenvalue weighted by atomic mass is 9.87. The topological polar surface area (TPSA) is 32.3 Å². The summed E-state index contributed by atoms with van der Waals surface area (Å²) in [5.41, 5.74) is -0.446. The van der Waals surface area contributed by atoms with Crippen LogP contribution < -0.4 is 5.32 Å². The molecule has 1 aliphatic carbocycles. The van der Waals surface area contributed by atoms with Crippen LogP contribution in [0.4, 0.5) is 13.2 Å². The first-order valence-corrected chi connectivity index (χ1v) is 9.04. The number of alkyl halides is 3. The van der Waals surface area contributed by atoms with Crippen molar-refractivity contribution in [2.75, 3.05) is 13.1 Å². The number of carbonyl (C=O) groups is 1. The predicted octanol–water partition coefficient (Wildman–Crippen LogP) is 3.83. The maximum absolute atomic E-state index is 13.3. The Balaban J connectivity index is 1.84. The molecule has 1 aliphatic heterocycles. The molecule has 0 spiro atoms. The van der Waals surface area contributed by atoms with Gasteiger partial charge in [0.1, 0.15) is 0 Å². The zero-order chi connectivity index (χ0) is 18.0. The second-order valence-corrected chi connectivity index (χ2v) is 7.27.